The largest absolute Gasteiger partial charge is 0.237 e. The summed E-state index contributed by atoms with van der Waals surface area (Å²) in [5.74, 6) is 0. The minimum Gasteiger partial charge on any atom is -0.237 e. The molecule has 2 aromatic rings. The van der Waals surface area contributed by atoms with Crippen LogP contribution in [0.15, 0.2) is 34.4 Å². The van der Waals surface area contributed by atoms with Crippen molar-refractivity contribution in [2.45, 2.75) is 5.33 Å². The van der Waals surface area contributed by atoms with E-state index in [4.69, 9.17) is 0 Å². The Labute approximate surface area is 103 Å². The highest BCUT2D eigenvalue weighted by atomic mass is 79.9. The Kier molecular flexibility index (Phi) is 3.36. The van der Waals surface area contributed by atoms with Crippen molar-refractivity contribution in [2.75, 3.05) is 0 Å². The molecule has 0 N–H and O–H groups in total. The summed E-state index contributed by atoms with van der Waals surface area (Å²) >= 11 is 8.46. The lowest BCUT2D eigenvalue weighted by Gasteiger charge is -1.99. The number of nitrogens with zero attached hydrogens (tertiary/aromatic N) is 1. The fraction of sp³-hybridized carbons (Fsp3) is 0.100. The van der Waals surface area contributed by atoms with Gasteiger partial charge in [-0.15, -0.1) is 11.3 Å². The number of hydrogen-bond donors (Lipinski definition) is 0. The van der Waals surface area contributed by atoms with Gasteiger partial charge in [-0.1, -0.05) is 34.1 Å². The van der Waals surface area contributed by atoms with Gasteiger partial charge in [0.1, 0.15) is 0 Å². The number of aromatic nitrogens is 1. The van der Waals surface area contributed by atoms with Crippen molar-refractivity contribution in [3.8, 4) is 10.4 Å². The lowest BCUT2D eigenvalue weighted by Crippen LogP contribution is -1.78. The molecule has 1 nitrogen and oxygen atoms in total. The van der Waals surface area contributed by atoms with E-state index < -0.39 is 0 Å². The van der Waals surface area contributed by atoms with Crippen molar-refractivity contribution < 1.29 is 0 Å². The van der Waals surface area contributed by atoms with Gasteiger partial charge >= 0.3 is 0 Å². The summed E-state index contributed by atoms with van der Waals surface area (Å²) < 4.78 is 0.928. The van der Waals surface area contributed by atoms with Crippen LogP contribution in [0.2, 0.25) is 0 Å². The smallest absolute Gasteiger partial charge is 0.159 e. The lowest BCUT2D eigenvalue weighted by atomic mass is 10.1. The van der Waals surface area contributed by atoms with Gasteiger partial charge < -0.3 is 0 Å². The molecule has 0 aliphatic rings. The van der Waals surface area contributed by atoms with Gasteiger partial charge in [-0.2, -0.15) is 0 Å². The van der Waals surface area contributed by atoms with Crippen molar-refractivity contribution in [1.82, 2.24) is 4.98 Å². The quantitative estimate of drug-likeness (QED) is 0.739. The summed E-state index contributed by atoms with van der Waals surface area (Å²) in [4.78, 5) is 5.37. The van der Waals surface area contributed by atoms with E-state index >= 15 is 0 Å². The van der Waals surface area contributed by atoms with E-state index in [1.54, 1.807) is 11.3 Å². The molecule has 1 heterocycles. The zero-order valence-corrected chi connectivity index (χ0v) is 11.2. The summed E-state index contributed by atoms with van der Waals surface area (Å²) in [6.07, 6.45) is 1.89. The maximum absolute atomic E-state index is 4.17. The van der Waals surface area contributed by atoms with Gasteiger partial charge in [0.15, 0.2) is 3.92 Å². The summed E-state index contributed by atoms with van der Waals surface area (Å²) in [7, 11) is 0. The molecule has 0 unspecified atom stereocenters. The fourth-order valence-electron chi connectivity index (χ4n) is 1.19. The monoisotopic (exact) mass is 331 g/mol. The maximum atomic E-state index is 4.17. The predicted octanol–water partition coefficient (Wildman–Crippen LogP) is 4.47. The number of benzene rings is 1. The number of thiazole rings is 1. The normalized spacial score (nSPS) is 10.4. The van der Waals surface area contributed by atoms with Gasteiger partial charge in [-0.05, 0) is 33.1 Å². The predicted molar refractivity (Wildman–Crippen MR) is 67.9 cm³/mol. The maximum Gasteiger partial charge on any atom is 0.159 e. The first-order valence-corrected chi connectivity index (χ1v) is 6.79. The van der Waals surface area contributed by atoms with Gasteiger partial charge in [0, 0.05) is 11.5 Å². The Morgan fingerprint density at radius 1 is 1.36 bits per heavy atom. The van der Waals surface area contributed by atoms with Gasteiger partial charge in [0.05, 0.1) is 4.88 Å². The molecule has 0 fully saturated rings. The average molecular weight is 333 g/mol. The zero-order chi connectivity index (χ0) is 9.97. The molecule has 0 atom stereocenters. The third kappa shape index (κ3) is 2.24. The molecule has 0 saturated heterocycles. The summed E-state index contributed by atoms with van der Waals surface area (Å²) in [6, 6.07) is 8.45. The van der Waals surface area contributed by atoms with Crippen LogP contribution in [0.1, 0.15) is 5.56 Å². The lowest BCUT2D eigenvalue weighted by molar-refractivity contribution is 1.38. The number of alkyl halides is 1. The van der Waals surface area contributed by atoms with Crippen LogP contribution in [0.4, 0.5) is 0 Å². The van der Waals surface area contributed by atoms with E-state index in [1.807, 2.05) is 6.20 Å². The standard InChI is InChI=1S/C10H7Br2NS/c11-5-7-2-1-3-8(4-7)9-6-13-10(12)14-9/h1-4,6H,5H2. The van der Waals surface area contributed by atoms with E-state index in [0.29, 0.717) is 0 Å². The molecular weight excluding hydrogens is 326 g/mol. The topological polar surface area (TPSA) is 12.9 Å². The Balaban J connectivity index is 2.41. The molecule has 0 amide bonds. The molecule has 0 aliphatic heterocycles. The minimum absolute atomic E-state index is 0.890. The van der Waals surface area contributed by atoms with E-state index in [9.17, 15) is 0 Å². The van der Waals surface area contributed by atoms with Crippen molar-refractivity contribution in [3.63, 3.8) is 0 Å². The van der Waals surface area contributed by atoms with Crippen LogP contribution in [0.3, 0.4) is 0 Å². The molecule has 0 spiro atoms. The van der Waals surface area contributed by atoms with Crippen LogP contribution < -0.4 is 0 Å². The molecule has 14 heavy (non-hydrogen) atoms. The number of halogens is 2. The molecular formula is C10H7Br2NS. The van der Waals surface area contributed by atoms with Crippen molar-refractivity contribution in [2.24, 2.45) is 0 Å². The second kappa shape index (κ2) is 4.55. The van der Waals surface area contributed by atoms with E-state index in [2.05, 4.69) is 61.1 Å². The molecule has 4 heteroatoms. The van der Waals surface area contributed by atoms with Gasteiger partial charge in [-0.25, -0.2) is 4.98 Å². The summed E-state index contributed by atoms with van der Waals surface area (Å²) in [5.41, 5.74) is 2.51. The molecule has 0 saturated carbocycles. The average Bonchev–Trinajstić information content (AvgIpc) is 2.65. The number of rotatable bonds is 2. The van der Waals surface area contributed by atoms with Gasteiger partial charge in [0.2, 0.25) is 0 Å². The Bertz CT molecular complexity index is 439. The highest BCUT2D eigenvalue weighted by Crippen LogP contribution is 2.29. The first kappa shape index (κ1) is 10.3. The summed E-state index contributed by atoms with van der Waals surface area (Å²) in [5, 5.41) is 0.890. The fourth-order valence-corrected chi connectivity index (χ4v) is 2.81. The zero-order valence-electron chi connectivity index (χ0n) is 7.21. The molecule has 2 rings (SSSR count). The number of hydrogen-bond acceptors (Lipinski definition) is 2. The Hall–Kier alpha value is -0.190. The SMILES string of the molecule is BrCc1cccc(-c2cnc(Br)s2)c1. The molecule has 1 aromatic carbocycles. The Morgan fingerprint density at radius 3 is 2.86 bits per heavy atom. The second-order valence-electron chi connectivity index (χ2n) is 2.81. The van der Waals surface area contributed by atoms with Crippen LogP contribution >= 0.6 is 43.2 Å². The van der Waals surface area contributed by atoms with Crippen molar-refractivity contribution in [1.29, 1.82) is 0 Å². The first-order valence-electron chi connectivity index (χ1n) is 4.06. The molecule has 0 radical (unpaired) electrons. The van der Waals surface area contributed by atoms with E-state index in [0.717, 1.165) is 9.25 Å². The van der Waals surface area contributed by atoms with Crippen molar-refractivity contribution >= 4 is 43.2 Å². The van der Waals surface area contributed by atoms with E-state index in [-0.39, 0.29) is 0 Å². The summed E-state index contributed by atoms with van der Waals surface area (Å²) in [6.45, 7) is 0. The molecule has 1 aromatic heterocycles. The third-order valence-corrected chi connectivity index (χ3v) is 4.02. The third-order valence-electron chi connectivity index (χ3n) is 1.84. The van der Waals surface area contributed by atoms with Crippen LogP contribution in [-0.2, 0) is 5.33 Å². The Morgan fingerprint density at radius 2 is 2.21 bits per heavy atom. The molecule has 72 valence electrons. The van der Waals surface area contributed by atoms with Crippen LogP contribution in [-0.4, -0.2) is 4.98 Å². The highest BCUT2D eigenvalue weighted by molar-refractivity contribution is 9.11. The second-order valence-corrected chi connectivity index (χ2v) is 5.68. The molecule has 0 bridgehead atoms. The molecule has 0 aliphatic carbocycles. The van der Waals surface area contributed by atoms with Gasteiger partial charge in [-0.3, -0.25) is 0 Å². The highest BCUT2D eigenvalue weighted by Gasteiger charge is 2.02. The van der Waals surface area contributed by atoms with E-state index in [1.165, 1.54) is 16.0 Å². The minimum atomic E-state index is 0.890. The van der Waals surface area contributed by atoms with Crippen LogP contribution in [0.5, 0.6) is 0 Å². The first-order chi connectivity index (χ1) is 6.79. The van der Waals surface area contributed by atoms with Crippen LogP contribution in [0.25, 0.3) is 10.4 Å². The van der Waals surface area contributed by atoms with Gasteiger partial charge in [0.25, 0.3) is 0 Å². The van der Waals surface area contributed by atoms with Crippen molar-refractivity contribution in [3.05, 3.63) is 39.9 Å². The van der Waals surface area contributed by atoms with Crippen LogP contribution in [0, 0.1) is 0 Å².